The van der Waals surface area contributed by atoms with E-state index in [0.717, 1.165) is 31.7 Å². The molecule has 0 unspecified atom stereocenters. The highest BCUT2D eigenvalue weighted by Crippen LogP contribution is 2.37. The first-order valence-electron chi connectivity index (χ1n) is 6.90. The van der Waals surface area contributed by atoms with Crippen LogP contribution >= 0.6 is 15.9 Å². The number of furan rings is 1. The molecule has 1 aromatic rings. The molecule has 2 fully saturated rings. The van der Waals surface area contributed by atoms with Crippen molar-refractivity contribution in [3.8, 4) is 0 Å². The smallest absolute Gasteiger partial charge is 0.371 e. The molecule has 21 heavy (non-hydrogen) atoms. The van der Waals surface area contributed by atoms with E-state index in [1.807, 2.05) is 0 Å². The normalized spacial score (nSPS) is 19.1. The Hall–Kier alpha value is -0.860. The predicted octanol–water partition coefficient (Wildman–Crippen LogP) is 2.55. The van der Waals surface area contributed by atoms with Crippen molar-refractivity contribution in [1.82, 2.24) is 4.31 Å². The second-order valence-electron chi connectivity index (χ2n) is 5.76. The van der Waals surface area contributed by atoms with Gasteiger partial charge in [-0.3, -0.25) is 0 Å². The van der Waals surface area contributed by atoms with Gasteiger partial charge in [0.05, 0.1) is 0 Å². The van der Waals surface area contributed by atoms with Gasteiger partial charge in [-0.15, -0.1) is 0 Å². The van der Waals surface area contributed by atoms with Crippen LogP contribution in [0.1, 0.15) is 36.2 Å². The number of hydrogen-bond acceptors (Lipinski definition) is 4. The fourth-order valence-electron chi connectivity index (χ4n) is 2.22. The average Bonchev–Trinajstić information content (AvgIpc) is 3.30. The highest BCUT2D eigenvalue weighted by molar-refractivity contribution is 9.10. The molecular weight excluding hydrogens is 362 g/mol. The van der Waals surface area contributed by atoms with Crippen LogP contribution in [0.15, 0.2) is 20.0 Å². The van der Waals surface area contributed by atoms with Gasteiger partial charge in [-0.25, -0.2) is 13.2 Å². The summed E-state index contributed by atoms with van der Waals surface area (Å²) in [5.74, 6) is -0.794. The van der Waals surface area contributed by atoms with E-state index in [4.69, 9.17) is 9.52 Å². The van der Waals surface area contributed by atoms with E-state index in [1.165, 1.54) is 4.31 Å². The van der Waals surface area contributed by atoms with Crippen LogP contribution in [0.5, 0.6) is 0 Å². The maximum Gasteiger partial charge on any atom is 0.371 e. The van der Waals surface area contributed by atoms with Crippen molar-refractivity contribution in [2.75, 3.05) is 13.1 Å². The van der Waals surface area contributed by atoms with E-state index in [2.05, 4.69) is 15.9 Å². The molecule has 1 aromatic heterocycles. The van der Waals surface area contributed by atoms with Gasteiger partial charge in [-0.2, -0.15) is 4.31 Å². The van der Waals surface area contributed by atoms with E-state index in [9.17, 15) is 13.2 Å². The molecule has 1 heterocycles. The van der Waals surface area contributed by atoms with E-state index in [-0.39, 0.29) is 15.3 Å². The van der Waals surface area contributed by atoms with Crippen molar-refractivity contribution in [3.05, 3.63) is 16.5 Å². The van der Waals surface area contributed by atoms with Crippen molar-refractivity contribution in [2.45, 2.75) is 30.6 Å². The van der Waals surface area contributed by atoms with Gasteiger partial charge < -0.3 is 9.52 Å². The first kappa shape index (κ1) is 15.1. The fraction of sp³-hybridized carbons (Fsp3) is 0.615. The largest absolute Gasteiger partial charge is 0.475 e. The second-order valence-corrected chi connectivity index (χ2v) is 8.39. The van der Waals surface area contributed by atoms with E-state index in [0.29, 0.717) is 24.9 Å². The minimum Gasteiger partial charge on any atom is -0.475 e. The topological polar surface area (TPSA) is 87.8 Å². The summed E-state index contributed by atoms with van der Waals surface area (Å²) in [5.41, 5.74) is 0. The Kier molecular flexibility index (Phi) is 3.87. The van der Waals surface area contributed by atoms with Crippen LogP contribution in [-0.4, -0.2) is 36.9 Å². The van der Waals surface area contributed by atoms with E-state index in [1.54, 1.807) is 0 Å². The zero-order valence-corrected chi connectivity index (χ0v) is 13.7. The molecule has 0 radical (unpaired) electrons. The molecule has 2 aliphatic carbocycles. The van der Waals surface area contributed by atoms with E-state index >= 15 is 0 Å². The minimum atomic E-state index is -3.73. The molecule has 0 spiro atoms. The predicted molar refractivity (Wildman–Crippen MR) is 77.6 cm³/mol. The number of sulfonamides is 1. The summed E-state index contributed by atoms with van der Waals surface area (Å²) in [6, 6.07) is 1.08. The van der Waals surface area contributed by atoms with Crippen LogP contribution < -0.4 is 0 Å². The Balaban J connectivity index is 1.89. The highest BCUT2D eigenvalue weighted by atomic mass is 79.9. The summed E-state index contributed by atoms with van der Waals surface area (Å²) < 4.78 is 31.9. The molecular formula is C13H16BrNO5S. The number of carbonyl (C=O) groups is 1. The number of aromatic carboxylic acids is 1. The maximum atomic E-state index is 12.8. The van der Waals surface area contributed by atoms with Crippen molar-refractivity contribution < 1.29 is 22.7 Å². The van der Waals surface area contributed by atoms with Crippen molar-refractivity contribution in [2.24, 2.45) is 11.8 Å². The zero-order chi connectivity index (χ0) is 15.2. The van der Waals surface area contributed by atoms with Crippen LogP contribution in [0.25, 0.3) is 0 Å². The Morgan fingerprint density at radius 3 is 2.19 bits per heavy atom. The average molecular weight is 378 g/mol. The molecule has 0 aliphatic heterocycles. The van der Waals surface area contributed by atoms with Crippen LogP contribution in [0.4, 0.5) is 0 Å². The number of carboxylic acid groups (broad SMARTS) is 1. The standard InChI is InChI=1S/C13H16BrNO5S/c14-12-11(5-10(20-12)13(16)17)21(18,19)15(6-8-1-2-8)7-9-3-4-9/h5,8-9H,1-4,6-7H2,(H,16,17). The third-order valence-corrected chi connectivity index (χ3v) is 6.49. The Labute approximate surface area is 131 Å². The van der Waals surface area contributed by atoms with Crippen molar-refractivity contribution >= 4 is 31.9 Å². The zero-order valence-electron chi connectivity index (χ0n) is 11.3. The third-order valence-electron chi connectivity index (χ3n) is 3.80. The molecule has 0 amide bonds. The fourth-order valence-corrected chi connectivity index (χ4v) is 4.72. The number of halogens is 1. The van der Waals surface area contributed by atoms with Gasteiger partial charge >= 0.3 is 5.97 Å². The van der Waals surface area contributed by atoms with Gasteiger partial charge in [0, 0.05) is 19.2 Å². The minimum absolute atomic E-state index is 0.0449. The Morgan fingerprint density at radius 1 is 1.29 bits per heavy atom. The summed E-state index contributed by atoms with van der Waals surface area (Å²) in [7, 11) is -3.73. The molecule has 116 valence electrons. The van der Waals surface area contributed by atoms with Crippen LogP contribution in [-0.2, 0) is 10.0 Å². The molecule has 6 nitrogen and oxygen atoms in total. The van der Waals surface area contributed by atoms with Gasteiger partial charge in [0.1, 0.15) is 4.90 Å². The van der Waals surface area contributed by atoms with Gasteiger partial charge in [-0.05, 0) is 53.4 Å². The Morgan fingerprint density at radius 2 is 1.81 bits per heavy atom. The lowest BCUT2D eigenvalue weighted by atomic mass is 10.4. The van der Waals surface area contributed by atoms with Crippen LogP contribution in [0.2, 0.25) is 0 Å². The van der Waals surface area contributed by atoms with Crippen molar-refractivity contribution in [3.63, 3.8) is 0 Å². The lowest BCUT2D eigenvalue weighted by molar-refractivity contribution is 0.0661. The lowest BCUT2D eigenvalue weighted by Crippen LogP contribution is -2.34. The summed E-state index contributed by atoms with van der Waals surface area (Å²) in [5, 5.41) is 8.91. The quantitative estimate of drug-likeness (QED) is 0.788. The number of hydrogen-bond donors (Lipinski definition) is 1. The lowest BCUT2D eigenvalue weighted by Gasteiger charge is -2.21. The summed E-state index contributed by atoms with van der Waals surface area (Å²) in [6.45, 7) is 1.03. The van der Waals surface area contributed by atoms with Gasteiger partial charge in [0.2, 0.25) is 15.8 Å². The molecule has 0 aromatic carbocycles. The second kappa shape index (κ2) is 5.40. The van der Waals surface area contributed by atoms with E-state index < -0.39 is 16.0 Å². The van der Waals surface area contributed by atoms with Gasteiger partial charge in [0.15, 0.2) is 4.67 Å². The summed E-state index contributed by atoms with van der Waals surface area (Å²) in [6.07, 6.45) is 4.24. The maximum absolute atomic E-state index is 12.8. The molecule has 3 rings (SSSR count). The molecule has 0 atom stereocenters. The summed E-state index contributed by atoms with van der Waals surface area (Å²) >= 11 is 3.02. The monoisotopic (exact) mass is 377 g/mol. The number of carboxylic acids is 1. The highest BCUT2D eigenvalue weighted by Gasteiger charge is 2.37. The summed E-state index contributed by atoms with van der Waals surface area (Å²) in [4.78, 5) is 10.8. The molecule has 8 heteroatoms. The molecule has 0 saturated heterocycles. The molecule has 1 N–H and O–H groups in total. The first-order valence-corrected chi connectivity index (χ1v) is 9.14. The van der Waals surface area contributed by atoms with Gasteiger partial charge in [-0.1, -0.05) is 0 Å². The molecule has 2 aliphatic rings. The first-order chi connectivity index (χ1) is 9.88. The third kappa shape index (κ3) is 3.32. The molecule has 2 saturated carbocycles. The Bertz CT molecular complexity index is 646. The number of rotatable bonds is 7. The van der Waals surface area contributed by atoms with Crippen LogP contribution in [0, 0.1) is 11.8 Å². The van der Waals surface area contributed by atoms with Crippen LogP contribution in [0.3, 0.4) is 0 Å². The van der Waals surface area contributed by atoms with Crippen molar-refractivity contribution in [1.29, 1.82) is 0 Å². The number of nitrogens with zero attached hydrogens (tertiary/aromatic N) is 1. The molecule has 0 bridgehead atoms. The SMILES string of the molecule is O=C(O)c1cc(S(=O)(=O)N(CC2CC2)CC2CC2)c(Br)o1. The van der Waals surface area contributed by atoms with Gasteiger partial charge in [0.25, 0.3) is 0 Å².